The van der Waals surface area contributed by atoms with Crippen molar-refractivity contribution in [3.8, 4) is 17.3 Å². The summed E-state index contributed by atoms with van der Waals surface area (Å²) in [5.41, 5.74) is 4.02. The first-order valence-electron chi connectivity index (χ1n) is 12.2. The minimum absolute atomic E-state index is 0.0225. The summed E-state index contributed by atoms with van der Waals surface area (Å²) in [5, 5.41) is 6.48. The largest absolute Gasteiger partial charge is 0.471 e. The molecule has 182 valence electrons. The minimum atomic E-state index is -0.169. The van der Waals surface area contributed by atoms with Crippen molar-refractivity contribution < 1.29 is 9.53 Å². The molecule has 1 aliphatic heterocycles. The number of ether oxygens (including phenoxy) is 1. The van der Waals surface area contributed by atoms with E-state index in [0.717, 1.165) is 46.4 Å². The molecule has 1 fully saturated rings. The van der Waals surface area contributed by atoms with Crippen LogP contribution in [0.25, 0.3) is 33.3 Å². The number of aryl methyl sites for hydroxylation is 2. The van der Waals surface area contributed by atoms with Crippen molar-refractivity contribution in [2.24, 2.45) is 7.05 Å². The molecule has 3 aromatic heterocycles. The van der Waals surface area contributed by atoms with Gasteiger partial charge in [0.25, 0.3) is 5.91 Å². The third kappa shape index (κ3) is 3.59. The zero-order chi connectivity index (χ0) is 24.8. The molecule has 0 saturated carbocycles. The lowest BCUT2D eigenvalue weighted by Gasteiger charge is -2.18. The number of amides is 1. The smallest absolute Gasteiger partial charge is 0.254 e. The maximum atomic E-state index is 13.4. The average molecular weight is 482 g/mol. The molecule has 1 atom stereocenters. The monoisotopic (exact) mass is 481 g/mol. The van der Waals surface area contributed by atoms with Crippen LogP contribution in [0, 0.1) is 6.92 Å². The SMILES string of the molecule is CCn1ncc(-c2nc3c(O[C@H]4CCN(C(=O)c5cccc6ccccc56)C4)ncnc3n2C)c1C. The molecule has 5 aromatic rings. The molecule has 4 heterocycles. The third-order valence-electron chi connectivity index (χ3n) is 7.00. The second-order valence-electron chi connectivity index (χ2n) is 9.11. The molecule has 9 nitrogen and oxygen atoms in total. The van der Waals surface area contributed by atoms with Crippen molar-refractivity contribution in [1.82, 2.24) is 34.2 Å². The van der Waals surface area contributed by atoms with Gasteiger partial charge in [0.1, 0.15) is 18.3 Å². The van der Waals surface area contributed by atoms with Crippen LogP contribution in [0.1, 0.15) is 29.4 Å². The van der Waals surface area contributed by atoms with Gasteiger partial charge in [-0.25, -0.2) is 9.97 Å². The minimum Gasteiger partial charge on any atom is -0.471 e. The molecule has 1 aliphatic rings. The summed E-state index contributed by atoms with van der Waals surface area (Å²) in [6.45, 7) is 6.01. The highest BCUT2D eigenvalue weighted by molar-refractivity contribution is 6.07. The Hall–Kier alpha value is -4.27. The van der Waals surface area contributed by atoms with Crippen molar-refractivity contribution in [3.63, 3.8) is 0 Å². The van der Waals surface area contributed by atoms with Crippen LogP contribution >= 0.6 is 0 Å². The van der Waals surface area contributed by atoms with Gasteiger partial charge in [-0.3, -0.25) is 9.48 Å². The number of likely N-dealkylation sites (tertiary alicyclic amines) is 1. The second-order valence-corrected chi connectivity index (χ2v) is 9.11. The molecule has 0 radical (unpaired) electrons. The number of nitrogens with zero attached hydrogens (tertiary/aromatic N) is 7. The van der Waals surface area contributed by atoms with Crippen LogP contribution in [-0.2, 0) is 13.6 Å². The summed E-state index contributed by atoms with van der Waals surface area (Å²) in [5.74, 6) is 1.23. The first-order chi connectivity index (χ1) is 17.5. The summed E-state index contributed by atoms with van der Waals surface area (Å²) >= 11 is 0. The molecular weight excluding hydrogens is 454 g/mol. The lowest BCUT2D eigenvalue weighted by Crippen LogP contribution is -2.31. The van der Waals surface area contributed by atoms with E-state index in [4.69, 9.17) is 9.72 Å². The fourth-order valence-electron chi connectivity index (χ4n) is 5.04. The Balaban J connectivity index is 1.25. The summed E-state index contributed by atoms with van der Waals surface area (Å²) in [6.07, 6.45) is 3.89. The van der Waals surface area contributed by atoms with Crippen LogP contribution < -0.4 is 4.74 Å². The van der Waals surface area contributed by atoms with E-state index in [1.54, 1.807) is 0 Å². The van der Waals surface area contributed by atoms with E-state index in [2.05, 4.69) is 22.0 Å². The lowest BCUT2D eigenvalue weighted by atomic mass is 10.0. The van der Waals surface area contributed by atoms with Gasteiger partial charge < -0.3 is 14.2 Å². The molecule has 0 N–H and O–H groups in total. The van der Waals surface area contributed by atoms with E-state index in [-0.39, 0.29) is 12.0 Å². The van der Waals surface area contributed by atoms with Crippen LogP contribution in [0.15, 0.2) is 55.0 Å². The zero-order valence-electron chi connectivity index (χ0n) is 20.5. The van der Waals surface area contributed by atoms with Crippen molar-refractivity contribution in [1.29, 1.82) is 0 Å². The van der Waals surface area contributed by atoms with Crippen LogP contribution in [0.3, 0.4) is 0 Å². The Morgan fingerprint density at radius 3 is 2.81 bits per heavy atom. The average Bonchev–Trinajstić information content (AvgIpc) is 3.61. The number of carbonyl (C=O) groups is 1. The first kappa shape index (κ1) is 22.2. The number of aromatic nitrogens is 6. The molecule has 2 aromatic carbocycles. The van der Waals surface area contributed by atoms with Crippen LogP contribution in [0.5, 0.6) is 5.88 Å². The highest BCUT2D eigenvalue weighted by atomic mass is 16.5. The lowest BCUT2D eigenvalue weighted by molar-refractivity contribution is 0.0773. The van der Waals surface area contributed by atoms with Crippen LogP contribution in [-0.4, -0.2) is 59.3 Å². The quantitative estimate of drug-likeness (QED) is 0.377. The van der Waals surface area contributed by atoms with Crippen molar-refractivity contribution >= 4 is 27.8 Å². The van der Waals surface area contributed by atoms with Crippen molar-refractivity contribution in [3.05, 3.63) is 66.2 Å². The van der Waals surface area contributed by atoms with Crippen molar-refractivity contribution in [2.75, 3.05) is 13.1 Å². The number of imidazole rings is 1. The summed E-state index contributed by atoms with van der Waals surface area (Å²) in [4.78, 5) is 28.9. The van der Waals surface area contributed by atoms with E-state index in [0.29, 0.717) is 30.1 Å². The molecule has 9 heteroatoms. The molecule has 1 saturated heterocycles. The number of benzene rings is 2. The van der Waals surface area contributed by atoms with Crippen LogP contribution in [0.4, 0.5) is 0 Å². The van der Waals surface area contributed by atoms with Gasteiger partial charge in [0, 0.05) is 37.8 Å². The van der Waals surface area contributed by atoms with Gasteiger partial charge in [-0.05, 0) is 30.7 Å². The predicted molar refractivity (Wildman–Crippen MR) is 137 cm³/mol. The Kier molecular flexibility index (Phi) is 5.40. The van der Waals surface area contributed by atoms with Gasteiger partial charge in [0.2, 0.25) is 5.88 Å². The number of rotatable bonds is 5. The highest BCUT2D eigenvalue weighted by Gasteiger charge is 2.30. The standard InChI is InChI=1S/C27H27N7O2/c1-4-34-17(2)22(14-30-34)24-31-23-25(32(24)3)28-16-29-26(23)36-19-12-13-33(15-19)27(35)21-11-7-9-18-8-5-6-10-20(18)21/h5-11,14,16,19H,4,12-13,15H2,1-3H3/t19-/m0/s1. The zero-order valence-corrected chi connectivity index (χ0v) is 20.5. The van der Waals surface area contributed by atoms with Gasteiger partial charge in [-0.15, -0.1) is 0 Å². The summed E-state index contributed by atoms with van der Waals surface area (Å²) in [6, 6.07) is 13.8. The maximum absolute atomic E-state index is 13.4. The number of hydrogen-bond donors (Lipinski definition) is 0. The van der Waals surface area contributed by atoms with E-state index < -0.39 is 0 Å². The topological polar surface area (TPSA) is 91.0 Å². The Morgan fingerprint density at radius 1 is 1.14 bits per heavy atom. The molecule has 0 bridgehead atoms. The number of hydrogen-bond acceptors (Lipinski definition) is 6. The number of fused-ring (bicyclic) bond motifs is 2. The van der Waals surface area contributed by atoms with E-state index >= 15 is 0 Å². The number of carbonyl (C=O) groups excluding carboxylic acids is 1. The van der Waals surface area contributed by atoms with Crippen molar-refractivity contribution in [2.45, 2.75) is 32.9 Å². The highest BCUT2D eigenvalue weighted by Crippen LogP contribution is 2.30. The van der Waals surface area contributed by atoms with Crippen LogP contribution in [0.2, 0.25) is 0 Å². The molecule has 6 rings (SSSR count). The first-order valence-corrected chi connectivity index (χ1v) is 12.2. The molecule has 36 heavy (non-hydrogen) atoms. The van der Waals surface area contributed by atoms with E-state index in [9.17, 15) is 4.79 Å². The molecular formula is C27H27N7O2. The fraction of sp³-hybridized carbons (Fsp3) is 0.296. The van der Waals surface area contributed by atoms with Gasteiger partial charge in [0.15, 0.2) is 11.2 Å². The summed E-state index contributed by atoms with van der Waals surface area (Å²) in [7, 11) is 1.93. The van der Waals surface area contributed by atoms with Gasteiger partial charge in [-0.1, -0.05) is 36.4 Å². The molecule has 0 spiro atoms. The predicted octanol–water partition coefficient (Wildman–Crippen LogP) is 4.00. The third-order valence-corrected chi connectivity index (χ3v) is 7.00. The molecule has 0 aliphatic carbocycles. The fourth-order valence-corrected chi connectivity index (χ4v) is 5.04. The Bertz CT molecular complexity index is 1600. The van der Waals surface area contributed by atoms with E-state index in [1.165, 1.54) is 6.33 Å². The summed E-state index contributed by atoms with van der Waals surface area (Å²) < 4.78 is 10.2. The Labute approximate surface area is 208 Å². The Morgan fingerprint density at radius 2 is 1.97 bits per heavy atom. The molecule has 1 amide bonds. The van der Waals surface area contributed by atoms with E-state index in [1.807, 2.05) is 76.8 Å². The van der Waals surface area contributed by atoms with Gasteiger partial charge in [-0.2, -0.15) is 10.1 Å². The maximum Gasteiger partial charge on any atom is 0.254 e. The van der Waals surface area contributed by atoms with Gasteiger partial charge in [0.05, 0.1) is 18.3 Å². The normalized spacial score (nSPS) is 15.8. The van der Waals surface area contributed by atoms with Gasteiger partial charge >= 0.3 is 0 Å². The second kappa shape index (κ2) is 8.75. The molecule has 0 unspecified atom stereocenters.